The van der Waals surface area contributed by atoms with E-state index in [2.05, 4.69) is 31.6 Å². The first kappa shape index (κ1) is 39.9. The number of carbonyl (C=O) groups excluding carboxylic acids is 3. The average molecular weight is 719 g/mol. The number of hydrogen-bond acceptors (Lipinski definition) is 7. The smallest absolute Gasteiger partial charge is 0.243 e. The number of benzene rings is 4. The van der Waals surface area contributed by atoms with E-state index in [9.17, 15) is 14.4 Å². The molecule has 11 N–H and O–H groups in total. The van der Waals surface area contributed by atoms with Gasteiger partial charge in [0.15, 0.2) is 0 Å². The van der Waals surface area contributed by atoms with E-state index in [1.807, 2.05) is 109 Å². The molecule has 0 aliphatic rings. The van der Waals surface area contributed by atoms with E-state index < -0.39 is 29.9 Å². The minimum atomic E-state index is -0.944. The molecular formula is C40H50N10O3. The lowest BCUT2D eigenvalue weighted by Gasteiger charge is -2.24. The number of rotatable bonds is 19. The van der Waals surface area contributed by atoms with Gasteiger partial charge in [0.2, 0.25) is 23.7 Å². The molecule has 3 amide bonds. The summed E-state index contributed by atoms with van der Waals surface area (Å²) in [5, 5.41) is 25.4. The molecule has 13 heteroatoms. The summed E-state index contributed by atoms with van der Waals surface area (Å²) < 4.78 is 0. The van der Waals surface area contributed by atoms with E-state index in [1.165, 1.54) is 0 Å². The molecule has 0 aromatic heterocycles. The first-order valence-electron chi connectivity index (χ1n) is 17.8. The van der Waals surface area contributed by atoms with E-state index >= 15 is 0 Å². The number of unbranched alkanes of at least 4 members (excludes halogenated alkanes) is 1. The number of nitrogens with two attached hydrogens (primary N) is 3. The summed E-state index contributed by atoms with van der Waals surface area (Å²) in [6.07, 6.45) is 2.52. The predicted molar refractivity (Wildman–Crippen MR) is 208 cm³/mol. The molecule has 0 bridgehead atoms. The fraction of sp³-hybridized carbons (Fsp3) is 0.300. The van der Waals surface area contributed by atoms with Gasteiger partial charge in [-0.05, 0) is 72.0 Å². The zero-order valence-corrected chi connectivity index (χ0v) is 29.8. The quantitative estimate of drug-likeness (QED) is 0.0179. The van der Waals surface area contributed by atoms with Crippen LogP contribution in [0.4, 0.5) is 0 Å². The summed E-state index contributed by atoms with van der Waals surface area (Å²) in [4.78, 5) is 40.6. The zero-order chi connectivity index (χ0) is 37.8. The molecule has 0 aliphatic carbocycles. The van der Waals surface area contributed by atoms with Gasteiger partial charge in [0.05, 0.1) is 6.04 Å². The van der Waals surface area contributed by atoms with Crippen molar-refractivity contribution in [1.29, 1.82) is 5.41 Å². The van der Waals surface area contributed by atoms with Crippen molar-refractivity contribution in [1.82, 2.24) is 21.3 Å². The molecule has 0 fully saturated rings. The summed E-state index contributed by atoms with van der Waals surface area (Å²) in [5.41, 5.74) is 18.1. The van der Waals surface area contributed by atoms with Gasteiger partial charge in [-0.2, -0.15) is 0 Å². The third-order valence-corrected chi connectivity index (χ3v) is 8.67. The third-order valence-electron chi connectivity index (χ3n) is 8.67. The van der Waals surface area contributed by atoms with Crippen molar-refractivity contribution in [2.24, 2.45) is 27.6 Å². The van der Waals surface area contributed by atoms with Crippen LogP contribution in [0.1, 0.15) is 36.8 Å². The molecule has 0 saturated heterocycles. The van der Waals surface area contributed by atoms with Crippen molar-refractivity contribution in [2.45, 2.75) is 56.7 Å². The van der Waals surface area contributed by atoms with Gasteiger partial charge >= 0.3 is 0 Å². The molecule has 4 aromatic rings. The molecule has 13 nitrogen and oxygen atoms in total. The Kier molecular flexibility index (Phi) is 16.1. The maximum atomic E-state index is 13.8. The van der Waals surface area contributed by atoms with Crippen LogP contribution in [0.2, 0.25) is 0 Å². The van der Waals surface area contributed by atoms with Crippen LogP contribution < -0.4 is 38.6 Å². The Hall–Kier alpha value is -5.92. The zero-order valence-electron chi connectivity index (χ0n) is 29.8. The highest BCUT2D eigenvalue weighted by atomic mass is 16.2. The summed E-state index contributed by atoms with van der Waals surface area (Å²) in [6.45, 7) is 1.12. The molecule has 3 atom stereocenters. The lowest BCUT2D eigenvalue weighted by Crippen LogP contribution is -2.56. The minimum absolute atomic E-state index is 0.146. The fourth-order valence-electron chi connectivity index (χ4n) is 5.75. The second kappa shape index (κ2) is 21.4. The molecular weight excluding hydrogens is 669 g/mol. The van der Waals surface area contributed by atoms with Crippen LogP contribution in [-0.2, 0) is 27.2 Å². The summed E-state index contributed by atoms with van der Waals surface area (Å²) in [6, 6.07) is 32.9. The van der Waals surface area contributed by atoms with Gasteiger partial charge in [-0.25, -0.2) is 0 Å². The minimum Gasteiger partial charge on any atom is -0.354 e. The third kappa shape index (κ3) is 13.3. The van der Waals surface area contributed by atoms with Crippen molar-refractivity contribution in [3.8, 4) is 22.3 Å². The van der Waals surface area contributed by atoms with Crippen LogP contribution >= 0.6 is 0 Å². The number of carbonyl (C=O) groups is 3. The highest BCUT2D eigenvalue weighted by Crippen LogP contribution is 2.21. The van der Waals surface area contributed by atoms with Gasteiger partial charge in [-0.15, -0.1) is 0 Å². The van der Waals surface area contributed by atoms with Crippen molar-refractivity contribution in [3.05, 3.63) is 120 Å². The lowest BCUT2D eigenvalue weighted by atomic mass is 9.99. The van der Waals surface area contributed by atoms with E-state index in [0.717, 1.165) is 33.4 Å². The van der Waals surface area contributed by atoms with Gasteiger partial charge in [-0.1, -0.05) is 120 Å². The van der Waals surface area contributed by atoms with Gasteiger partial charge in [-0.3, -0.25) is 19.8 Å². The largest absolute Gasteiger partial charge is 0.354 e. The molecule has 0 unspecified atom stereocenters. The molecule has 4 aromatic carbocycles. The number of nitrogens with zero attached hydrogens (tertiary/aromatic N) is 2. The van der Waals surface area contributed by atoms with Crippen molar-refractivity contribution in [3.63, 3.8) is 0 Å². The molecule has 0 aliphatic heterocycles. The number of hydrogen-bond donors (Lipinski definition) is 8. The van der Waals surface area contributed by atoms with Crippen LogP contribution in [-0.4, -0.2) is 61.4 Å². The number of amides is 3. The van der Waals surface area contributed by atoms with Gasteiger partial charge in [0.25, 0.3) is 0 Å². The maximum absolute atomic E-state index is 13.8. The van der Waals surface area contributed by atoms with Gasteiger partial charge in [0.1, 0.15) is 12.1 Å². The van der Waals surface area contributed by atoms with Crippen LogP contribution in [0.15, 0.2) is 120 Å². The maximum Gasteiger partial charge on any atom is 0.243 e. The molecule has 0 saturated carbocycles. The van der Waals surface area contributed by atoms with Crippen molar-refractivity contribution >= 4 is 23.7 Å². The Morgan fingerprint density at radius 2 is 1.09 bits per heavy atom. The topological polar surface area (TPSA) is 226 Å². The number of nitrogens with one attached hydrogen (secondary N) is 5. The van der Waals surface area contributed by atoms with Crippen LogP contribution in [0.25, 0.3) is 22.3 Å². The lowest BCUT2D eigenvalue weighted by molar-refractivity contribution is -0.132. The highest BCUT2D eigenvalue weighted by Gasteiger charge is 2.28. The Bertz CT molecular complexity index is 1770. The number of guanidine groups is 1. The van der Waals surface area contributed by atoms with E-state index in [1.54, 1.807) is 0 Å². The molecule has 4 rings (SSSR count). The summed E-state index contributed by atoms with van der Waals surface area (Å²) in [7, 11) is 0. The second-order valence-electron chi connectivity index (χ2n) is 12.7. The predicted octanol–water partition coefficient (Wildman–Crippen LogP) is 3.59. The Morgan fingerprint density at radius 1 is 0.604 bits per heavy atom. The molecule has 0 radical (unpaired) electrons. The monoisotopic (exact) mass is 718 g/mol. The van der Waals surface area contributed by atoms with Crippen molar-refractivity contribution in [2.75, 3.05) is 19.6 Å². The Labute approximate surface area is 310 Å². The van der Waals surface area contributed by atoms with Crippen LogP contribution in [0.3, 0.4) is 0 Å². The van der Waals surface area contributed by atoms with Crippen LogP contribution in [0, 0.1) is 5.41 Å². The van der Waals surface area contributed by atoms with E-state index in [4.69, 9.17) is 22.7 Å². The highest BCUT2D eigenvalue weighted by molar-refractivity contribution is 5.93. The first-order chi connectivity index (χ1) is 25.8. The second-order valence-corrected chi connectivity index (χ2v) is 12.7. The summed E-state index contributed by atoms with van der Waals surface area (Å²) in [5.74, 6) is 3.49. The van der Waals surface area contributed by atoms with Gasteiger partial charge < -0.3 is 38.6 Å². The van der Waals surface area contributed by atoms with E-state index in [-0.39, 0.29) is 31.1 Å². The van der Waals surface area contributed by atoms with Crippen LogP contribution in [0.5, 0.6) is 0 Å². The molecule has 278 valence electrons. The first-order valence-corrected chi connectivity index (χ1v) is 17.8. The normalized spacial score (nSPS) is 12.7. The van der Waals surface area contributed by atoms with E-state index in [0.29, 0.717) is 38.9 Å². The Balaban J connectivity index is 1.40. The SMILES string of the molecule is N=C(N=NN)NCCCCNC(=O)[C@H](Cc1ccc(-c2ccccc2)cc1)NC(=O)[C@H](CCCN)NC(=O)[C@@H](N)Cc1ccc(-c2ccccc2)cc1. The molecule has 53 heavy (non-hydrogen) atoms. The Morgan fingerprint density at radius 3 is 1.62 bits per heavy atom. The fourth-order valence-corrected chi connectivity index (χ4v) is 5.75. The molecule has 0 heterocycles. The average Bonchev–Trinajstić information content (AvgIpc) is 3.18. The molecule has 0 spiro atoms. The van der Waals surface area contributed by atoms with Crippen molar-refractivity contribution < 1.29 is 14.4 Å². The standard InChI is InChI=1S/C40H50N10O3/c41-23-9-14-35(47-37(51)34(42)26-28-15-19-32(20-16-28)30-10-3-1-4-11-30)39(53)48-36(38(52)45-24-7-8-25-46-40(43)49-50-44)27-29-17-21-33(22-18-29)31-12-5-2-6-13-31/h1-6,10-13,15-22,34-36H,7-9,14,23-27,41-42H2,(H,45,52)(H,47,51)(H,48,53)(H4,43,44,46,49)/t34-,35-,36-/m0/s1. The van der Waals surface area contributed by atoms with Gasteiger partial charge in [0, 0.05) is 19.5 Å². The summed E-state index contributed by atoms with van der Waals surface area (Å²) >= 11 is 0.